The van der Waals surface area contributed by atoms with Gasteiger partial charge in [0.25, 0.3) is 0 Å². The zero-order chi connectivity index (χ0) is 16.3. The molecule has 122 valence electrons. The maximum absolute atomic E-state index is 12.2. The van der Waals surface area contributed by atoms with Crippen LogP contribution in [0.3, 0.4) is 0 Å². The fourth-order valence-corrected chi connectivity index (χ4v) is 2.95. The number of phenolic OH excluding ortho intramolecular Hbond substituents is 1. The molecule has 5 nitrogen and oxygen atoms in total. The Bertz CT molecular complexity index is 525. The van der Waals surface area contributed by atoms with Crippen LogP contribution in [0.25, 0.3) is 0 Å². The quantitative estimate of drug-likeness (QED) is 0.901. The van der Waals surface area contributed by atoms with E-state index < -0.39 is 5.60 Å². The number of phenols is 1. The zero-order valence-corrected chi connectivity index (χ0v) is 13.8. The number of carbonyl (C=O) groups is 1. The first-order chi connectivity index (χ1) is 10.3. The van der Waals surface area contributed by atoms with Crippen molar-refractivity contribution in [3.8, 4) is 5.75 Å². The highest BCUT2D eigenvalue weighted by atomic mass is 16.6. The van der Waals surface area contributed by atoms with Crippen LogP contribution < -0.4 is 5.32 Å². The third-order valence-corrected chi connectivity index (χ3v) is 3.93. The van der Waals surface area contributed by atoms with Gasteiger partial charge < -0.3 is 20.1 Å². The zero-order valence-electron chi connectivity index (χ0n) is 13.8. The summed E-state index contributed by atoms with van der Waals surface area (Å²) in [6.07, 6.45) is 0.626. The normalized spacial score (nSPS) is 20.0. The number of rotatable bonds is 3. The predicted octanol–water partition coefficient (Wildman–Crippen LogP) is 2.91. The first kappa shape index (κ1) is 16.6. The largest absolute Gasteiger partial charge is 0.508 e. The van der Waals surface area contributed by atoms with Crippen LogP contribution in [0.1, 0.15) is 38.8 Å². The SMILES string of the molecule is CNC(c1ccccc1O)C1CCN(C(=O)OC(C)(C)C)C1. The van der Waals surface area contributed by atoms with Crippen LogP contribution in [0.5, 0.6) is 5.75 Å². The molecular weight excluding hydrogens is 280 g/mol. The molecule has 1 aromatic carbocycles. The van der Waals surface area contributed by atoms with Gasteiger partial charge in [-0.15, -0.1) is 0 Å². The second-order valence-electron chi connectivity index (χ2n) is 6.80. The van der Waals surface area contributed by atoms with E-state index in [1.165, 1.54) is 0 Å². The number of aromatic hydroxyl groups is 1. The number of ether oxygens (including phenoxy) is 1. The molecule has 0 bridgehead atoms. The third-order valence-electron chi connectivity index (χ3n) is 3.93. The first-order valence-electron chi connectivity index (χ1n) is 7.75. The van der Waals surface area contributed by atoms with Gasteiger partial charge in [0.2, 0.25) is 0 Å². The molecule has 0 aliphatic carbocycles. The maximum Gasteiger partial charge on any atom is 0.410 e. The van der Waals surface area contributed by atoms with Crippen molar-refractivity contribution < 1.29 is 14.6 Å². The highest BCUT2D eigenvalue weighted by Crippen LogP contribution is 2.34. The molecule has 5 heteroatoms. The number of hydrogen-bond acceptors (Lipinski definition) is 4. The number of hydrogen-bond donors (Lipinski definition) is 2. The number of para-hydroxylation sites is 1. The lowest BCUT2D eigenvalue weighted by Gasteiger charge is -2.26. The van der Waals surface area contributed by atoms with Crippen LogP contribution in [0.2, 0.25) is 0 Å². The summed E-state index contributed by atoms with van der Waals surface area (Å²) in [5, 5.41) is 13.3. The van der Waals surface area contributed by atoms with Crippen molar-refractivity contribution in [2.75, 3.05) is 20.1 Å². The van der Waals surface area contributed by atoms with Gasteiger partial charge in [-0.2, -0.15) is 0 Å². The van der Waals surface area contributed by atoms with Gasteiger partial charge in [0, 0.05) is 24.7 Å². The summed E-state index contributed by atoms with van der Waals surface area (Å²) in [5.41, 5.74) is 0.399. The summed E-state index contributed by atoms with van der Waals surface area (Å²) in [6, 6.07) is 7.37. The monoisotopic (exact) mass is 306 g/mol. The van der Waals surface area contributed by atoms with E-state index in [-0.39, 0.29) is 23.8 Å². The lowest BCUT2D eigenvalue weighted by molar-refractivity contribution is 0.0285. The Morgan fingerprint density at radius 2 is 2.09 bits per heavy atom. The Morgan fingerprint density at radius 1 is 1.41 bits per heavy atom. The fourth-order valence-electron chi connectivity index (χ4n) is 2.95. The summed E-state index contributed by atoms with van der Waals surface area (Å²) >= 11 is 0. The minimum absolute atomic E-state index is 0.0219. The van der Waals surface area contributed by atoms with Gasteiger partial charge in [-0.1, -0.05) is 18.2 Å². The molecule has 1 aliphatic rings. The number of amides is 1. The number of likely N-dealkylation sites (tertiary alicyclic amines) is 1. The summed E-state index contributed by atoms with van der Waals surface area (Å²) in [6.45, 7) is 6.94. The van der Waals surface area contributed by atoms with E-state index in [2.05, 4.69) is 5.32 Å². The van der Waals surface area contributed by atoms with Crippen LogP contribution in [-0.4, -0.2) is 41.8 Å². The van der Waals surface area contributed by atoms with Crippen molar-refractivity contribution in [2.24, 2.45) is 5.92 Å². The lowest BCUT2D eigenvalue weighted by atomic mass is 9.92. The molecule has 0 saturated carbocycles. The van der Waals surface area contributed by atoms with Gasteiger partial charge in [-0.25, -0.2) is 4.79 Å². The van der Waals surface area contributed by atoms with Gasteiger partial charge in [-0.05, 0) is 46.2 Å². The van der Waals surface area contributed by atoms with Gasteiger partial charge in [0.1, 0.15) is 11.4 Å². The van der Waals surface area contributed by atoms with E-state index in [1.54, 1.807) is 11.0 Å². The van der Waals surface area contributed by atoms with Crippen molar-refractivity contribution >= 4 is 6.09 Å². The molecule has 0 spiro atoms. The van der Waals surface area contributed by atoms with Gasteiger partial charge in [-0.3, -0.25) is 0 Å². The van der Waals surface area contributed by atoms with Crippen molar-refractivity contribution in [1.29, 1.82) is 0 Å². The van der Waals surface area contributed by atoms with Gasteiger partial charge in [0.05, 0.1) is 0 Å². The van der Waals surface area contributed by atoms with E-state index >= 15 is 0 Å². The van der Waals surface area contributed by atoms with Crippen LogP contribution in [-0.2, 0) is 4.74 Å². The second kappa shape index (κ2) is 6.57. The third kappa shape index (κ3) is 3.91. The minimum atomic E-state index is -0.477. The molecule has 1 fully saturated rings. The summed E-state index contributed by atoms with van der Waals surface area (Å²) in [4.78, 5) is 13.9. The Morgan fingerprint density at radius 3 is 2.68 bits per heavy atom. The summed E-state index contributed by atoms with van der Waals surface area (Å²) in [5.74, 6) is 0.545. The fraction of sp³-hybridized carbons (Fsp3) is 0.588. The van der Waals surface area contributed by atoms with E-state index in [1.807, 2.05) is 46.0 Å². The number of nitrogens with zero attached hydrogens (tertiary/aromatic N) is 1. The number of carbonyl (C=O) groups excluding carboxylic acids is 1. The Labute approximate surface area is 132 Å². The molecule has 1 heterocycles. The van der Waals surface area contributed by atoms with Crippen LogP contribution in [0.4, 0.5) is 4.79 Å². The highest BCUT2D eigenvalue weighted by Gasteiger charge is 2.34. The lowest BCUT2D eigenvalue weighted by Crippen LogP contribution is -2.36. The minimum Gasteiger partial charge on any atom is -0.508 e. The Kier molecular flexibility index (Phi) is 4.96. The van der Waals surface area contributed by atoms with Crippen molar-refractivity contribution in [3.05, 3.63) is 29.8 Å². The standard InChI is InChI=1S/C17H26N2O3/c1-17(2,3)22-16(21)19-10-9-12(11-19)15(18-4)13-7-5-6-8-14(13)20/h5-8,12,15,18,20H,9-11H2,1-4H3. The molecular formula is C17H26N2O3. The number of benzene rings is 1. The molecule has 1 aromatic rings. The predicted molar refractivity (Wildman–Crippen MR) is 85.8 cm³/mol. The van der Waals surface area contributed by atoms with Crippen molar-refractivity contribution in [3.63, 3.8) is 0 Å². The highest BCUT2D eigenvalue weighted by molar-refractivity contribution is 5.68. The van der Waals surface area contributed by atoms with E-state index in [4.69, 9.17) is 4.74 Å². The second-order valence-corrected chi connectivity index (χ2v) is 6.80. The molecule has 1 aliphatic heterocycles. The van der Waals surface area contributed by atoms with Gasteiger partial charge in [0.15, 0.2) is 0 Å². The van der Waals surface area contributed by atoms with Crippen LogP contribution in [0, 0.1) is 5.92 Å². The molecule has 1 saturated heterocycles. The molecule has 2 unspecified atom stereocenters. The topological polar surface area (TPSA) is 61.8 Å². The Balaban J connectivity index is 2.05. The first-order valence-corrected chi connectivity index (χ1v) is 7.75. The van der Waals surface area contributed by atoms with E-state index in [0.717, 1.165) is 12.0 Å². The average Bonchev–Trinajstić information content (AvgIpc) is 2.89. The summed E-state index contributed by atoms with van der Waals surface area (Å²) in [7, 11) is 1.88. The smallest absolute Gasteiger partial charge is 0.410 e. The van der Waals surface area contributed by atoms with Gasteiger partial charge >= 0.3 is 6.09 Å². The maximum atomic E-state index is 12.2. The van der Waals surface area contributed by atoms with Crippen molar-refractivity contribution in [1.82, 2.24) is 10.2 Å². The van der Waals surface area contributed by atoms with E-state index in [9.17, 15) is 9.90 Å². The average molecular weight is 306 g/mol. The molecule has 2 N–H and O–H groups in total. The summed E-state index contributed by atoms with van der Waals surface area (Å²) < 4.78 is 5.43. The molecule has 2 rings (SSSR count). The Hall–Kier alpha value is -1.75. The number of nitrogens with one attached hydrogen (secondary N) is 1. The molecule has 1 amide bonds. The molecule has 0 aromatic heterocycles. The molecule has 2 atom stereocenters. The van der Waals surface area contributed by atoms with Crippen LogP contribution >= 0.6 is 0 Å². The van der Waals surface area contributed by atoms with Crippen molar-refractivity contribution in [2.45, 2.75) is 38.8 Å². The molecule has 0 radical (unpaired) electrons. The molecule has 22 heavy (non-hydrogen) atoms. The van der Waals surface area contributed by atoms with E-state index in [0.29, 0.717) is 13.1 Å². The van der Waals surface area contributed by atoms with Crippen LogP contribution in [0.15, 0.2) is 24.3 Å².